The number of halogens is 1. The number of amides is 1. The molecule has 1 amide bonds. The smallest absolute Gasteiger partial charge is 0.238 e. The maximum absolute atomic E-state index is 13.8. The molecule has 7 heteroatoms. The van der Waals surface area contributed by atoms with Crippen molar-refractivity contribution in [1.29, 1.82) is 0 Å². The van der Waals surface area contributed by atoms with Gasteiger partial charge in [-0.25, -0.2) is 4.39 Å². The topological polar surface area (TPSA) is 47.6 Å². The third kappa shape index (κ3) is 5.05. The largest absolute Gasteiger partial charge is 0.346 e. The highest BCUT2D eigenvalue weighted by molar-refractivity contribution is 7.80. The summed E-state index contributed by atoms with van der Waals surface area (Å²) in [6.45, 7) is 7.21. The van der Waals surface area contributed by atoms with Crippen LogP contribution in [0.25, 0.3) is 0 Å². The number of anilines is 2. The average Bonchev–Trinajstić information content (AvgIpc) is 2.68. The molecule has 2 aromatic carbocycles. The number of carbonyl (C=O) groups excluding carboxylic acids is 1. The van der Waals surface area contributed by atoms with Crippen molar-refractivity contribution in [2.45, 2.75) is 13.8 Å². The molecule has 148 valence electrons. The SMILES string of the molecule is Cc1cccc(NC(=O)CN2CCN(C(=S)Nc3ccccc3F)CC2)c1C. The van der Waals surface area contributed by atoms with Crippen LogP contribution in [0, 0.1) is 19.7 Å². The highest BCUT2D eigenvalue weighted by Gasteiger charge is 2.21. The fraction of sp³-hybridized carbons (Fsp3) is 0.333. The molecule has 1 heterocycles. The van der Waals surface area contributed by atoms with E-state index in [1.165, 1.54) is 6.07 Å². The molecule has 0 spiro atoms. The summed E-state index contributed by atoms with van der Waals surface area (Å²) in [4.78, 5) is 16.5. The van der Waals surface area contributed by atoms with E-state index in [9.17, 15) is 9.18 Å². The molecular weight excluding hydrogens is 375 g/mol. The van der Waals surface area contributed by atoms with Crippen LogP contribution in [0.2, 0.25) is 0 Å². The van der Waals surface area contributed by atoms with Crippen LogP contribution < -0.4 is 10.6 Å². The molecule has 1 fully saturated rings. The van der Waals surface area contributed by atoms with E-state index in [1.807, 2.05) is 36.9 Å². The van der Waals surface area contributed by atoms with Gasteiger partial charge in [-0.3, -0.25) is 9.69 Å². The molecule has 28 heavy (non-hydrogen) atoms. The molecule has 1 saturated heterocycles. The second-order valence-electron chi connectivity index (χ2n) is 6.97. The standard InChI is InChI=1S/C21H25FN4OS/c1-15-6-5-9-18(16(15)2)23-20(27)14-25-10-12-26(13-11-25)21(28)24-19-8-4-3-7-17(19)22/h3-9H,10-14H2,1-2H3,(H,23,27)(H,24,28). The Morgan fingerprint density at radius 2 is 1.68 bits per heavy atom. The lowest BCUT2D eigenvalue weighted by Crippen LogP contribution is -2.51. The lowest BCUT2D eigenvalue weighted by atomic mass is 10.1. The van der Waals surface area contributed by atoms with Crippen molar-refractivity contribution in [2.24, 2.45) is 0 Å². The number of piperazine rings is 1. The summed E-state index contributed by atoms with van der Waals surface area (Å²) in [5.74, 6) is -0.346. The van der Waals surface area contributed by atoms with Gasteiger partial charge in [0.15, 0.2) is 5.11 Å². The van der Waals surface area contributed by atoms with Gasteiger partial charge in [-0.05, 0) is 55.4 Å². The molecule has 2 N–H and O–H groups in total. The molecule has 3 rings (SSSR count). The van der Waals surface area contributed by atoms with Crippen LogP contribution in [-0.4, -0.2) is 53.5 Å². The maximum Gasteiger partial charge on any atom is 0.238 e. The first kappa shape index (κ1) is 20.2. The van der Waals surface area contributed by atoms with Crippen molar-refractivity contribution in [3.8, 4) is 0 Å². The fourth-order valence-corrected chi connectivity index (χ4v) is 3.44. The van der Waals surface area contributed by atoms with E-state index in [0.29, 0.717) is 30.4 Å². The Hall–Kier alpha value is -2.51. The number of aryl methyl sites for hydroxylation is 1. The van der Waals surface area contributed by atoms with Gasteiger partial charge in [0.2, 0.25) is 5.91 Å². The molecule has 0 aliphatic carbocycles. The molecule has 5 nitrogen and oxygen atoms in total. The van der Waals surface area contributed by atoms with Gasteiger partial charge in [-0.15, -0.1) is 0 Å². The van der Waals surface area contributed by atoms with Crippen LogP contribution in [0.5, 0.6) is 0 Å². The van der Waals surface area contributed by atoms with Gasteiger partial charge in [0.25, 0.3) is 0 Å². The number of nitrogens with one attached hydrogen (secondary N) is 2. The normalized spacial score (nSPS) is 14.6. The summed E-state index contributed by atoms with van der Waals surface area (Å²) >= 11 is 5.41. The number of carbonyl (C=O) groups is 1. The van der Waals surface area contributed by atoms with Crippen LogP contribution in [0.4, 0.5) is 15.8 Å². The van der Waals surface area contributed by atoms with Crippen LogP contribution >= 0.6 is 12.2 Å². The van der Waals surface area contributed by atoms with Crippen molar-refractivity contribution in [1.82, 2.24) is 9.80 Å². The molecule has 0 aromatic heterocycles. The first-order valence-electron chi connectivity index (χ1n) is 9.33. The van der Waals surface area contributed by atoms with Crippen molar-refractivity contribution in [2.75, 3.05) is 43.4 Å². The predicted octanol–water partition coefficient (Wildman–Crippen LogP) is 3.40. The summed E-state index contributed by atoms with van der Waals surface area (Å²) in [6.07, 6.45) is 0. The molecule has 2 aromatic rings. The summed E-state index contributed by atoms with van der Waals surface area (Å²) in [5.41, 5.74) is 3.48. The average molecular weight is 401 g/mol. The van der Waals surface area contributed by atoms with E-state index in [2.05, 4.69) is 15.5 Å². The lowest BCUT2D eigenvalue weighted by Gasteiger charge is -2.35. The molecule has 1 aliphatic rings. The van der Waals surface area contributed by atoms with Gasteiger partial charge in [-0.2, -0.15) is 0 Å². The highest BCUT2D eigenvalue weighted by atomic mass is 32.1. The second kappa shape index (κ2) is 9.12. The van der Waals surface area contributed by atoms with E-state index in [4.69, 9.17) is 12.2 Å². The van der Waals surface area contributed by atoms with Crippen molar-refractivity contribution < 1.29 is 9.18 Å². The van der Waals surface area contributed by atoms with Crippen LogP contribution in [0.3, 0.4) is 0 Å². The summed E-state index contributed by atoms with van der Waals surface area (Å²) < 4.78 is 13.8. The maximum atomic E-state index is 13.8. The van der Waals surface area contributed by atoms with Crippen molar-refractivity contribution in [3.63, 3.8) is 0 Å². The van der Waals surface area contributed by atoms with Crippen molar-refractivity contribution in [3.05, 3.63) is 59.4 Å². The quantitative estimate of drug-likeness (QED) is 0.771. The molecule has 1 aliphatic heterocycles. The Morgan fingerprint density at radius 1 is 1.00 bits per heavy atom. The minimum atomic E-state index is -0.327. The number of hydrogen-bond acceptors (Lipinski definition) is 3. The fourth-order valence-electron chi connectivity index (χ4n) is 3.15. The zero-order valence-electron chi connectivity index (χ0n) is 16.2. The zero-order chi connectivity index (χ0) is 20.1. The highest BCUT2D eigenvalue weighted by Crippen LogP contribution is 2.18. The summed E-state index contributed by atoms with van der Waals surface area (Å²) in [5, 5.41) is 6.47. The minimum absolute atomic E-state index is 0.0193. The number of benzene rings is 2. The van der Waals surface area contributed by atoms with Crippen LogP contribution in [0.15, 0.2) is 42.5 Å². The van der Waals surface area contributed by atoms with Gasteiger partial charge in [-0.1, -0.05) is 24.3 Å². The predicted molar refractivity (Wildman–Crippen MR) is 115 cm³/mol. The van der Waals surface area contributed by atoms with E-state index in [0.717, 1.165) is 29.9 Å². The van der Waals surface area contributed by atoms with Gasteiger partial charge in [0, 0.05) is 31.9 Å². The lowest BCUT2D eigenvalue weighted by molar-refractivity contribution is -0.117. The molecular formula is C21H25FN4OS. The third-order valence-electron chi connectivity index (χ3n) is 5.02. The number of hydrogen-bond donors (Lipinski definition) is 2. The number of rotatable bonds is 4. The molecule has 0 radical (unpaired) electrons. The van der Waals surface area contributed by atoms with Gasteiger partial charge < -0.3 is 15.5 Å². The Bertz CT molecular complexity index is 865. The second-order valence-corrected chi connectivity index (χ2v) is 7.36. The number of para-hydroxylation sites is 1. The Labute approximate surface area is 170 Å². The van der Waals surface area contributed by atoms with Gasteiger partial charge in [0.1, 0.15) is 5.82 Å². The van der Waals surface area contributed by atoms with Crippen LogP contribution in [-0.2, 0) is 4.79 Å². The number of nitrogens with zero attached hydrogens (tertiary/aromatic N) is 2. The Morgan fingerprint density at radius 3 is 2.39 bits per heavy atom. The minimum Gasteiger partial charge on any atom is -0.346 e. The van der Waals surface area contributed by atoms with Crippen molar-refractivity contribution >= 4 is 34.6 Å². The first-order chi connectivity index (χ1) is 13.4. The summed E-state index contributed by atoms with van der Waals surface area (Å²) in [6, 6.07) is 12.4. The molecule has 0 bridgehead atoms. The van der Waals surface area contributed by atoms with Gasteiger partial charge in [0.05, 0.1) is 12.2 Å². The van der Waals surface area contributed by atoms with E-state index in [-0.39, 0.29) is 11.7 Å². The summed E-state index contributed by atoms with van der Waals surface area (Å²) in [7, 11) is 0. The number of thiocarbonyl (C=S) groups is 1. The molecule has 0 saturated carbocycles. The first-order valence-corrected chi connectivity index (χ1v) is 9.74. The zero-order valence-corrected chi connectivity index (χ0v) is 17.0. The van der Waals surface area contributed by atoms with E-state index in [1.54, 1.807) is 18.2 Å². The van der Waals surface area contributed by atoms with Gasteiger partial charge >= 0.3 is 0 Å². The third-order valence-corrected chi connectivity index (χ3v) is 5.38. The molecule has 0 unspecified atom stereocenters. The van der Waals surface area contributed by atoms with E-state index < -0.39 is 0 Å². The van der Waals surface area contributed by atoms with E-state index >= 15 is 0 Å². The monoisotopic (exact) mass is 400 g/mol. The van der Waals surface area contributed by atoms with Crippen LogP contribution in [0.1, 0.15) is 11.1 Å². The Kier molecular flexibility index (Phi) is 6.59. The molecule has 0 atom stereocenters. The Balaban J connectivity index is 1.47.